The van der Waals surface area contributed by atoms with Crippen LogP contribution >= 0.6 is 12.4 Å². The van der Waals surface area contributed by atoms with Gasteiger partial charge in [-0.25, -0.2) is 9.78 Å². The van der Waals surface area contributed by atoms with Crippen molar-refractivity contribution in [2.75, 3.05) is 0 Å². The summed E-state index contributed by atoms with van der Waals surface area (Å²) in [6.07, 6.45) is -5.62. The Hall–Kier alpha value is -1.81. The summed E-state index contributed by atoms with van der Waals surface area (Å²) < 4.78 is 43.4. The normalized spacial score (nSPS) is 22.3. The molecule has 0 aliphatic carbocycles. The Morgan fingerprint density at radius 3 is 2.70 bits per heavy atom. The number of hydrogen-bond donors (Lipinski definition) is 3. The van der Waals surface area contributed by atoms with Crippen molar-refractivity contribution in [3.8, 4) is 0 Å². The molecule has 1 aromatic heterocycles. The fourth-order valence-corrected chi connectivity index (χ4v) is 2.33. The molecule has 130 valence electrons. The minimum absolute atomic E-state index is 0. The van der Waals surface area contributed by atoms with Crippen LogP contribution in [0.2, 0.25) is 0 Å². The van der Waals surface area contributed by atoms with Gasteiger partial charge < -0.3 is 20.4 Å². The summed E-state index contributed by atoms with van der Waals surface area (Å²) in [5.41, 5.74) is 5.01. The van der Waals surface area contributed by atoms with E-state index in [4.69, 9.17) is 15.3 Å². The molecule has 11 heteroatoms. The van der Waals surface area contributed by atoms with Crippen LogP contribution in [-0.4, -0.2) is 45.3 Å². The van der Waals surface area contributed by atoms with Crippen LogP contribution in [0.25, 0.3) is 0 Å². The van der Waals surface area contributed by atoms with Crippen molar-refractivity contribution in [3.05, 3.63) is 17.8 Å². The first-order valence-electron chi connectivity index (χ1n) is 6.41. The van der Waals surface area contributed by atoms with Crippen molar-refractivity contribution in [1.29, 1.82) is 0 Å². The van der Waals surface area contributed by atoms with Gasteiger partial charge in [-0.05, 0) is 6.42 Å². The lowest BCUT2D eigenvalue weighted by atomic mass is 9.93. The molecular weight excluding hydrogens is 343 g/mol. The average molecular weight is 358 g/mol. The Bertz CT molecular complexity index is 590. The van der Waals surface area contributed by atoms with Gasteiger partial charge in [0.1, 0.15) is 6.26 Å². The molecule has 0 radical (unpaired) electrons. The molecule has 1 unspecified atom stereocenters. The van der Waals surface area contributed by atoms with E-state index < -0.39 is 30.2 Å². The number of nitrogens with two attached hydrogens (primary N) is 1. The van der Waals surface area contributed by atoms with Gasteiger partial charge in [0.25, 0.3) is 0 Å². The highest BCUT2D eigenvalue weighted by Crippen LogP contribution is 2.38. The molecule has 0 amide bonds. The SMILES string of the molecule is Cl.NC1=N[C@@H](CC(O)Cc2nc(C(=O)O)co2)[C@H](C(F)(F)F)C1. The second kappa shape index (κ2) is 7.18. The van der Waals surface area contributed by atoms with E-state index in [0.29, 0.717) is 0 Å². The van der Waals surface area contributed by atoms with Crippen molar-refractivity contribution < 1.29 is 32.6 Å². The van der Waals surface area contributed by atoms with Crippen LogP contribution in [0.15, 0.2) is 15.7 Å². The lowest BCUT2D eigenvalue weighted by Gasteiger charge is -2.22. The number of hydrogen-bond acceptors (Lipinski definition) is 6. The van der Waals surface area contributed by atoms with Crippen molar-refractivity contribution in [1.82, 2.24) is 4.98 Å². The Labute approximate surface area is 134 Å². The van der Waals surface area contributed by atoms with Crippen LogP contribution in [0.5, 0.6) is 0 Å². The van der Waals surface area contributed by atoms with E-state index in [2.05, 4.69) is 9.98 Å². The predicted octanol–water partition coefficient (Wildman–Crippen LogP) is 1.40. The highest BCUT2D eigenvalue weighted by Gasteiger charge is 2.48. The van der Waals surface area contributed by atoms with Crippen molar-refractivity contribution in [2.45, 2.75) is 37.6 Å². The first kappa shape index (κ1) is 19.2. The average Bonchev–Trinajstić information content (AvgIpc) is 2.95. The molecule has 1 aliphatic rings. The zero-order chi connectivity index (χ0) is 16.5. The molecule has 2 heterocycles. The van der Waals surface area contributed by atoms with E-state index >= 15 is 0 Å². The Balaban J connectivity index is 0.00000264. The number of aromatic carboxylic acids is 1. The van der Waals surface area contributed by atoms with Crippen LogP contribution in [0.1, 0.15) is 29.2 Å². The molecule has 4 N–H and O–H groups in total. The number of carboxylic acid groups (broad SMARTS) is 1. The summed E-state index contributed by atoms with van der Waals surface area (Å²) >= 11 is 0. The maximum Gasteiger partial charge on any atom is 0.394 e. The van der Waals surface area contributed by atoms with Crippen molar-refractivity contribution in [3.63, 3.8) is 0 Å². The van der Waals surface area contributed by atoms with Gasteiger partial charge >= 0.3 is 12.1 Å². The smallest absolute Gasteiger partial charge is 0.394 e. The zero-order valence-corrected chi connectivity index (χ0v) is 12.5. The van der Waals surface area contributed by atoms with Crippen LogP contribution in [0.3, 0.4) is 0 Å². The van der Waals surface area contributed by atoms with Gasteiger partial charge in [0.05, 0.1) is 30.3 Å². The minimum atomic E-state index is -4.45. The number of carbonyl (C=O) groups is 1. The molecule has 0 fully saturated rings. The number of aliphatic hydroxyl groups excluding tert-OH is 1. The van der Waals surface area contributed by atoms with E-state index in [1.807, 2.05) is 0 Å². The molecule has 23 heavy (non-hydrogen) atoms. The van der Waals surface area contributed by atoms with E-state index in [1.54, 1.807) is 0 Å². The topological polar surface area (TPSA) is 122 Å². The van der Waals surface area contributed by atoms with Gasteiger partial charge in [0.2, 0.25) is 0 Å². The summed E-state index contributed by atoms with van der Waals surface area (Å²) in [7, 11) is 0. The van der Waals surface area contributed by atoms with E-state index in [0.717, 1.165) is 6.26 Å². The first-order chi connectivity index (χ1) is 10.2. The minimum Gasteiger partial charge on any atom is -0.476 e. The van der Waals surface area contributed by atoms with Gasteiger partial charge in [-0.1, -0.05) is 0 Å². The molecule has 3 atom stereocenters. The number of aliphatic hydroxyl groups is 1. The van der Waals surface area contributed by atoms with Crippen LogP contribution in [0.4, 0.5) is 13.2 Å². The second-order valence-corrected chi connectivity index (χ2v) is 5.07. The summed E-state index contributed by atoms with van der Waals surface area (Å²) in [6, 6.07) is -1.16. The summed E-state index contributed by atoms with van der Waals surface area (Å²) in [5.74, 6) is -3.18. The zero-order valence-electron chi connectivity index (χ0n) is 11.7. The lowest BCUT2D eigenvalue weighted by Crippen LogP contribution is -2.33. The standard InChI is InChI=1S/C12H14F3N3O4.ClH/c13-12(14,15)6-3-9(16)17-7(6)1-5(19)2-10-18-8(4-22-10)11(20)21;/h4-7,19H,1-3H2,(H2,16,17)(H,20,21);1H/t5?,6-,7+;/m1./s1. The number of oxazole rings is 1. The molecule has 7 nitrogen and oxygen atoms in total. The third kappa shape index (κ3) is 4.83. The highest BCUT2D eigenvalue weighted by molar-refractivity contribution is 5.85. The number of amidine groups is 1. The molecule has 1 aliphatic heterocycles. The second-order valence-electron chi connectivity index (χ2n) is 5.07. The number of aliphatic imine (C=N–C) groups is 1. The highest BCUT2D eigenvalue weighted by atomic mass is 35.5. The van der Waals surface area contributed by atoms with Crippen LogP contribution in [0, 0.1) is 5.92 Å². The third-order valence-electron chi connectivity index (χ3n) is 3.34. The first-order valence-corrected chi connectivity index (χ1v) is 6.41. The molecule has 0 saturated heterocycles. The van der Waals surface area contributed by atoms with E-state index in [9.17, 15) is 23.1 Å². The predicted molar refractivity (Wildman–Crippen MR) is 74.6 cm³/mol. The van der Waals surface area contributed by atoms with Gasteiger partial charge in [-0.15, -0.1) is 12.4 Å². The van der Waals surface area contributed by atoms with Gasteiger partial charge in [0.15, 0.2) is 11.6 Å². The molecule has 2 rings (SSSR count). The molecule has 0 aromatic carbocycles. The van der Waals surface area contributed by atoms with Gasteiger partial charge in [0, 0.05) is 6.42 Å². The number of nitrogens with zero attached hydrogens (tertiary/aromatic N) is 2. The number of rotatable bonds is 5. The Morgan fingerprint density at radius 2 is 2.17 bits per heavy atom. The summed E-state index contributed by atoms with van der Waals surface area (Å²) in [4.78, 5) is 17.9. The molecular formula is C12H15ClF3N3O4. The third-order valence-corrected chi connectivity index (χ3v) is 3.34. The number of aromatic nitrogens is 1. The summed E-state index contributed by atoms with van der Waals surface area (Å²) in [5, 5.41) is 18.5. The largest absolute Gasteiger partial charge is 0.476 e. The number of carboxylic acids is 1. The fraction of sp³-hybridized carbons (Fsp3) is 0.583. The Morgan fingerprint density at radius 1 is 1.52 bits per heavy atom. The lowest BCUT2D eigenvalue weighted by molar-refractivity contribution is -0.177. The van der Waals surface area contributed by atoms with Gasteiger partial charge in [-0.2, -0.15) is 13.2 Å². The molecule has 0 spiro atoms. The van der Waals surface area contributed by atoms with E-state index in [-0.39, 0.29) is 49.1 Å². The molecule has 0 saturated carbocycles. The van der Waals surface area contributed by atoms with Gasteiger partial charge in [-0.3, -0.25) is 4.99 Å². The number of halogens is 4. The maximum absolute atomic E-state index is 12.8. The molecule has 1 aromatic rings. The van der Waals surface area contributed by atoms with Crippen molar-refractivity contribution >= 4 is 24.2 Å². The quantitative estimate of drug-likeness (QED) is 0.732. The van der Waals surface area contributed by atoms with Crippen LogP contribution in [-0.2, 0) is 6.42 Å². The van der Waals surface area contributed by atoms with E-state index in [1.165, 1.54) is 0 Å². The Kier molecular flexibility index (Phi) is 6.00. The maximum atomic E-state index is 12.8. The van der Waals surface area contributed by atoms with Crippen molar-refractivity contribution in [2.24, 2.45) is 16.6 Å². The van der Waals surface area contributed by atoms with Crippen LogP contribution < -0.4 is 5.73 Å². The fourth-order valence-electron chi connectivity index (χ4n) is 2.33. The summed E-state index contributed by atoms with van der Waals surface area (Å²) in [6.45, 7) is 0. The number of alkyl halides is 3. The monoisotopic (exact) mass is 357 g/mol. The molecule has 0 bridgehead atoms.